The Morgan fingerprint density at radius 2 is 2.44 bits per heavy atom. The molecule has 2 aliphatic rings. The van der Waals surface area contributed by atoms with Crippen LogP contribution in [0.1, 0.15) is 17.6 Å². The molecular formula is C11H18N4S. The molecule has 1 saturated heterocycles. The molecule has 0 bridgehead atoms. The van der Waals surface area contributed by atoms with Crippen LogP contribution in [0.4, 0.5) is 0 Å². The van der Waals surface area contributed by atoms with Crippen molar-refractivity contribution in [3.63, 3.8) is 0 Å². The van der Waals surface area contributed by atoms with Crippen molar-refractivity contribution < 1.29 is 0 Å². The van der Waals surface area contributed by atoms with Crippen LogP contribution < -0.4 is 5.32 Å². The van der Waals surface area contributed by atoms with E-state index in [1.165, 1.54) is 17.3 Å². The summed E-state index contributed by atoms with van der Waals surface area (Å²) in [5.41, 5.74) is 1.39. The minimum Gasteiger partial charge on any atom is -0.329 e. The number of nitrogens with one attached hydrogen (secondary N) is 1. The Morgan fingerprint density at radius 1 is 1.50 bits per heavy atom. The molecule has 5 heteroatoms. The fourth-order valence-corrected chi connectivity index (χ4v) is 3.38. The van der Waals surface area contributed by atoms with Gasteiger partial charge in [-0.1, -0.05) is 0 Å². The molecule has 1 fully saturated rings. The SMILES string of the molecule is CN1CCNC(c2ncc3n2CCSC3)C1. The Bertz CT molecular complexity index is 376. The standard InChI is InChI=1S/C11H18N4S/c1-14-3-2-12-10(7-14)11-13-6-9-8-16-5-4-15(9)11/h6,10,12H,2-5,7-8H2,1H3. The molecule has 3 rings (SSSR count). The lowest BCUT2D eigenvalue weighted by Gasteiger charge is -2.31. The van der Waals surface area contributed by atoms with Gasteiger partial charge in [0.25, 0.3) is 0 Å². The maximum atomic E-state index is 4.62. The van der Waals surface area contributed by atoms with E-state index in [2.05, 4.69) is 33.0 Å². The predicted octanol–water partition coefficient (Wildman–Crippen LogP) is 0.706. The van der Waals surface area contributed by atoms with E-state index in [-0.39, 0.29) is 0 Å². The predicted molar refractivity (Wildman–Crippen MR) is 66.6 cm³/mol. The van der Waals surface area contributed by atoms with Gasteiger partial charge in [0.05, 0.1) is 6.04 Å². The number of imidazole rings is 1. The molecule has 3 heterocycles. The van der Waals surface area contributed by atoms with Gasteiger partial charge in [-0.15, -0.1) is 0 Å². The van der Waals surface area contributed by atoms with E-state index in [0.29, 0.717) is 6.04 Å². The Kier molecular flexibility index (Phi) is 2.91. The maximum Gasteiger partial charge on any atom is 0.127 e. The summed E-state index contributed by atoms with van der Waals surface area (Å²) < 4.78 is 2.41. The van der Waals surface area contributed by atoms with E-state index < -0.39 is 0 Å². The monoisotopic (exact) mass is 238 g/mol. The van der Waals surface area contributed by atoms with Crippen LogP contribution in [0, 0.1) is 0 Å². The van der Waals surface area contributed by atoms with Gasteiger partial charge in [-0.05, 0) is 7.05 Å². The molecule has 0 aromatic carbocycles. The molecular weight excluding hydrogens is 220 g/mol. The first-order valence-corrected chi connectivity index (χ1v) is 7.04. The van der Waals surface area contributed by atoms with Gasteiger partial charge in [-0.3, -0.25) is 0 Å². The van der Waals surface area contributed by atoms with Crippen LogP contribution in [0.25, 0.3) is 0 Å². The molecule has 0 aliphatic carbocycles. The fraction of sp³-hybridized carbons (Fsp3) is 0.727. The Morgan fingerprint density at radius 3 is 3.31 bits per heavy atom. The smallest absolute Gasteiger partial charge is 0.127 e. The molecule has 1 aromatic rings. The van der Waals surface area contributed by atoms with Crippen molar-refractivity contribution in [2.24, 2.45) is 0 Å². The molecule has 2 aliphatic heterocycles. The van der Waals surface area contributed by atoms with E-state index in [0.717, 1.165) is 31.9 Å². The summed E-state index contributed by atoms with van der Waals surface area (Å²) in [6, 6.07) is 0.413. The summed E-state index contributed by atoms with van der Waals surface area (Å²) in [7, 11) is 2.18. The molecule has 0 spiro atoms. The molecule has 88 valence electrons. The second-order valence-corrected chi connectivity index (χ2v) is 5.69. The van der Waals surface area contributed by atoms with Gasteiger partial charge in [-0.25, -0.2) is 4.98 Å². The van der Waals surface area contributed by atoms with E-state index in [1.54, 1.807) is 0 Å². The Balaban J connectivity index is 1.85. The summed E-state index contributed by atoms with van der Waals surface area (Å²) >= 11 is 2.01. The van der Waals surface area contributed by atoms with Gasteiger partial charge in [0, 0.05) is 49.6 Å². The van der Waals surface area contributed by atoms with Crippen molar-refractivity contribution in [3.05, 3.63) is 17.7 Å². The second-order valence-electron chi connectivity index (χ2n) is 4.58. The van der Waals surface area contributed by atoms with Gasteiger partial charge in [-0.2, -0.15) is 11.8 Å². The van der Waals surface area contributed by atoms with Crippen LogP contribution in [-0.4, -0.2) is 46.9 Å². The average molecular weight is 238 g/mol. The number of aromatic nitrogens is 2. The Hall–Kier alpha value is -0.520. The number of hydrogen-bond acceptors (Lipinski definition) is 4. The second kappa shape index (κ2) is 4.39. The molecule has 0 saturated carbocycles. The van der Waals surface area contributed by atoms with E-state index >= 15 is 0 Å². The van der Waals surface area contributed by atoms with Crippen LogP contribution in [-0.2, 0) is 12.3 Å². The topological polar surface area (TPSA) is 33.1 Å². The summed E-state index contributed by atoms with van der Waals surface area (Å²) in [6.45, 7) is 4.40. The molecule has 0 amide bonds. The first-order chi connectivity index (χ1) is 7.84. The summed E-state index contributed by atoms with van der Waals surface area (Å²) in [6.07, 6.45) is 2.05. The molecule has 1 N–H and O–H groups in total. The lowest BCUT2D eigenvalue weighted by atomic mass is 10.2. The van der Waals surface area contributed by atoms with Gasteiger partial charge >= 0.3 is 0 Å². The minimum atomic E-state index is 0.413. The summed E-state index contributed by atoms with van der Waals surface area (Å²) in [4.78, 5) is 6.99. The van der Waals surface area contributed by atoms with Gasteiger partial charge in [0.1, 0.15) is 5.82 Å². The van der Waals surface area contributed by atoms with Crippen LogP contribution in [0.15, 0.2) is 6.20 Å². The zero-order valence-corrected chi connectivity index (χ0v) is 10.5. The fourth-order valence-electron chi connectivity index (χ4n) is 2.48. The number of piperazine rings is 1. The lowest BCUT2D eigenvalue weighted by Crippen LogP contribution is -2.44. The van der Waals surface area contributed by atoms with Crippen molar-refractivity contribution in [2.45, 2.75) is 18.3 Å². The first kappa shape index (κ1) is 10.6. The average Bonchev–Trinajstić information content (AvgIpc) is 2.72. The number of nitrogens with zero attached hydrogens (tertiary/aromatic N) is 3. The number of rotatable bonds is 1. The van der Waals surface area contributed by atoms with Gasteiger partial charge in [0.15, 0.2) is 0 Å². The van der Waals surface area contributed by atoms with Crippen molar-refractivity contribution in [1.82, 2.24) is 19.8 Å². The third kappa shape index (κ3) is 1.87. The van der Waals surface area contributed by atoms with E-state index in [1.807, 2.05) is 11.8 Å². The minimum absolute atomic E-state index is 0.413. The summed E-state index contributed by atoms with van der Waals surface area (Å²) in [5.74, 6) is 3.58. The molecule has 4 nitrogen and oxygen atoms in total. The zero-order valence-electron chi connectivity index (χ0n) is 9.65. The van der Waals surface area contributed by atoms with Gasteiger partial charge < -0.3 is 14.8 Å². The van der Waals surface area contributed by atoms with Crippen LogP contribution in [0.2, 0.25) is 0 Å². The van der Waals surface area contributed by atoms with Crippen molar-refractivity contribution in [1.29, 1.82) is 0 Å². The number of likely N-dealkylation sites (N-methyl/N-ethyl adjacent to an activating group) is 1. The number of hydrogen-bond donors (Lipinski definition) is 1. The van der Waals surface area contributed by atoms with Gasteiger partial charge in [0.2, 0.25) is 0 Å². The highest BCUT2D eigenvalue weighted by Gasteiger charge is 2.24. The normalized spacial score (nSPS) is 26.7. The third-order valence-corrected chi connectivity index (χ3v) is 4.34. The lowest BCUT2D eigenvalue weighted by molar-refractivity contribution is 0.232. The van der Waals surface area contributed by atoms with E-state index in [4.69, 9.17) is 0 Å². The van der Waals surface area contributed by atoms with Crippen molar-refractivity contribution in [3.8, 4) is 0 Å². The van der Waals surface area contributed by atoms with Crippen LogP contribution >= 0.6 is 11.8 Å². The van der Waals surface area contributed by atoms with Crippen LogP contribution in [0.3, 0.4) is 0 Å². The van der Waals surface area contributed by atoms with Crippen molar-refractivity contribution >= 4 is 11.8 Å². The van der Waals surface area contributed by atoms with E-state index in [9.17, 15) is 0 Å². The molecule has 1 atom stereocenters. The molecule has 1 aromatic heterocycles. The molecule has 1 unspecified atom stereocenters. The molecule has 16 heavy (non-hydrogen) atoms. The highest BCUT2D eigenvalue weighted by Crippen LogP contribution is 2.24. The zero-order chi connectivity index (χ0) is 11.0. The maximum absolute atomic E-state index is 4.62. The largest absolute Gasteiger partial charge is 0.329 e. The summed E-state index contributed by atoms with van der Waals surface area (Å²) in [5, 5.41) is 3.57. The molecule has 0 radical (unpaired) electrons. The number of thioether (sulfide) groups is 1. The number of fused-ring (bicyclic) bond motifs is 1. The third-order valence-electron chi connectivity index (χ3n) is 3.37. The highest BCUT2D eigenvalue weighted by molar-refractivity contribution is 7.98. The Labute approximate surface area is 100 Å². The quantitative estimate of drug-likeness (QED) is 0.781. The van der Waals surface area contributed by atoms with Crippen molar-refractivity contribution in [2.75, 3.05) is 32.4 Å². The highest BCUT2D eigenvalue weighted by atomic mass is 32.2. The first-order valence-electron chi connectivity index (χ1n) is 5.88. The van der Waals surface area contributed by atoms with Crippen LogP contribution in [0.5, 0.6) is 0 Å².